The molecule has 1 aromatic carbocycles. The van der Waals surface area contributed by atoms with Crippen molar-refractivity contribution >= 4 is 17.3 Å². The Morgan fingerprint density at radius 3 is 2.72 bits per heavy atom. The summed E-state index contributed by atoms with van der Waals surface area (Å²) < 4.78 is 5.25. The van der Waals surface area contributed by atoms with Crippen molar-refractivity contribution < 1.29 is 4.74 Å². The van der Waals surface area contributed by atoms with E-state index in [2.05, 4.69) is 19.2 Å². The molecule has 3 unspecified atom stereocenters. The van der Waals surface area contributed by atoms with Crippen LogP contribution in [0.3, 0.4) is 0 Å². The van der Waals surface area contributed by atoms with Crippen molar-refractivity contribution in [1.82, 2.24) is 0 Å². The van der Waals surface area contributed by atoms with E-state index in [1.165, 1.54) is 19.3 Å². The lowest BCUT2D eigenvalue weighted by atomic mass is 9.80. The molecule has 0 radical (unpaired) electrons. The Morgan fingerprint density at radius 1 is 1.28 bits per heavy atom. The summed E-state index contributed by atoms with van der Waals surface area (Å²) in [6, 6.07) is 6.45. The van der Waals surface area contributed by atoms with Crippen molar-refractivity contribution in [3.63, 3.8) is 0 Å². The fourth-order valence-electron chi connectivity index (χ4n) is 2.84. The Labute approximate surface area is 115 Å². The first-order valence-corrected chi connectivity index (χ1v) is 7.08. The summed E-state index contributed by atoms with van der Waals surface area (Å²) in [5.41, 5.74) is 1.10. The highest BCUT2D eigenvalue weighted by atomic mass is 35.5. The van der Waals surface area contributed by atoms with Crippen molar-refractivity contribution in [2.24, 2.45) is 11.8 Å². The summed E-state index contributed by atoms with van der Waals surface area (Å²) in [5.74, 6) is 2.31. The van der Waals surface area contributed by atoms with Gasteiger partial charge in [-0.15, -0.1) is 0 Å². The Morgan fingerprint density at radius 2 is 2.06 bits per heavy atom. The maximum atomic E-state index is 6.03. The number of hydrogen-bond donors (Lipinski definition) is 1. The zero-order chi connectivity index (χ0) is 13.1. The number of ether oxygens (including phenoxy) is 1. The second-order valence-corrected chi connectivity index (χ2v) is 5.90. The summed E-state index contributed by atoms with van der Waals surface area (Å²) in [5, 5.41) is 4.27. The molecular weight excluding hydrogens is 246 g/mol. The number of anilines is 1. The van der Waals surface area contributed by atoms with Gasteiger partial charge in [-0.05, 0) is 43.2 Å². The summed E-state index contributed by atoms with van der Waals surface area (Å²) >= 11 is 6.03. The van der Waals surface area contributed by atoms with Gasteiger partial charge < -0.3 is 10.1 Å². The SMILES string of the molecule is COc1cc(NC2CCC(C)CC2C)ccc1Cl. The van der Waals surface area contributed by atoms with Crippen LogP contribution in [0.25, 0.3) is 0 Å². The van der Waals surface area contributed by atoms with E-state index >= 15 is 0 Å². The maximum absolute atomic E-state index is 6.03. The van der Waals surface area contributed by atoms with E-state index in [9.17, 15) is 0 Å². The van der Waals surface area contributed by atoms with Crippen molar-refractivity contribution in [3.8, 4) is 5.75 Å². The molecule has 0 bridgehead atoms. The third-order valence-corrected chi connectivity index (χ3v) is 4.25. The quantitative estimate of drug-likeness (QED) is 0.865. The minimum Gasteiger partial charge on any atom is -0.495 e. The zero-order valence-corrected chi connectivity index (χ0v) is 12.1. The van der Waals surface area contributed by atoms with Crippen LogP contribution in [-0.2, 0) is 0 Å². The molecule has 3 heteroatoms. The van der Waals surface area contributed by atoms with Gasteiger partial charge in [-0.2, -0.15) is 0 Å². The molecule has 1 aromatic rings. The van der Waals surface area contributed by atoms with Crippen LogP contribution in [0, 0.1) is 11.8 Å². The van der Waals surface area contributed by atoms with Gasteiger partial charge in [0.2, 0.25) is 0 Å². The topological polar surface area (TPSA) is 21.3 Å². The molecule has 0 spiro atoms. The summed E-state index contributed by atoms with van der Waals surface area (Å²) in [6.45, 7) is 4.68. The fourth-order valence-corrected chi connectivity index (χ4v) is 3.04. The Kier molecular flexibility index (Phi) is 4.39. The van der Waals surface area contributed by atoms with Crippen LogP contribution in [0.4, 0.5) is 5.69 Å². The third kappa shape index (κ3) is 3.11. The molecule has 2 rings (SSSR count). The molecule has 1 fully saturated rings. The van der Waals surface area contributed by atoms with E-state index in [4.69, 9.17) is 16.3 Å². The Bertz CT molecular complexity index is 407. The van der Waals surface area contributed by atoms with Crippen LogP contribution >= 0.6 is 11.6 Å². The first-order chi connectivity index (χ1) is 8.60. The highest BCUT2D eigenvalue weighted by molar-refractivity contribution is 6.32. The molecule has 2 nitrogen and oxygen atoms in total. The first kappa shape index (κ1) is 13.5. The number of nitrogens with one attached hydrogen (secondary N) is 1. The standard InChI is InChI=1S/C15H22ClNO/c1-10-4-7-14(11(2)8-10)17-12-5-6-13(16)15(9-12)18-3/h5-6,9-11,14,17H,4,7-8H2,1-3H3. The van der Waals surface area contributed by atoms with E-state index in [1.807, 2.05) is 18.2 Å². The van der Waals surface area contributed by atoms with Gasteiger partial charge in [-0.1, -0.05) is 25.4 Å². The normalized spacial score (nSPS) is 27.9. The van der Waals surface area contributed by atoms with Crippen LogP contribution in [0.15, 0.2) is 18.2 Å². The van der Waals surface area contributed by atoms with Gasteiger partial charge in [0.1, 0.15) is 5.75 Å². The average Bonchev–Trinajstić information content (AvgIpc) is 2.35. The zero-order valence-electron chi connectivity index (χ0n) is 11.4. The second kappa shape index (κ2) is 5.83. The van der Waals surface area contributed by atoms with Gasteiger partial charge in [0.15, 0.2) is 0 Å². The molecule has 1 saturated carbocycles. The largest absolute Gasteiger partial charge is 0.495 e. The molecule has 18 heavy (non-hydrogen) atoms. The van der Waals surface area contributed by atoms with Crippen LogP contribution in [0.5, 0.6) is 5.75 Å². The average molecular weight is 268 g/mol. The predicted molar refractivity (Wildman–Crippen MR) is 77.6 cm³/mol. The molecule has 3 atom stereocenters. The van der Waals surface area contributed by atoms with Crippen molar-refractivity contribution in [1.29, 1.82) is 0 Å². The van der Waals surface area contributed by atoms with Crippen molar-refractivity contribution in [2.45, 2.75) is 39.2 Å². The number of methoxy groups -OCH3 is 1. The van der Waals surface area contributed by atoms with Gasteiger partial charge in [0.25, 0.3) is 0 Å². The minimum atomic E-state index is 0.562. The van der Waals surface area contributed by atoms with E-state index < -0.39 is 0 Å². The van der Waals surface area contributed by atoms with Crippen molar-refractivity contribution in [2.75, 3.05) is 12.4 Å². The molecule has 1 aliphatic rings. The number of hydrogen-bond acceptors (Lipinski definition) is 2. The molecule has 0 amide bonds. The summed E-state index contributed by atoms with van der Waals surface area (Å²) in [7, 11) is 1.65. The minimum absolute atomic E-state index is 0.562. The summed E-state index contributed by atoms with van der Waals surface area (Å²) in [4.78, 5) is 0. The van der Waals surface area contributed by atoms with Crippen LogP contribution in [0.2, 0.25) is 5.02 Å². The highest BCUT2D eigenvalue weighted by Gasteiger charge is 2.25. The van der Waals surface area contributed by atoms with E-state index in [0.29, 0.717) is 11.1 Å². The van der Waals surface area contributed by atoms with E-state index in [-0.39, 0.29) is 0 Å². The number of halogens is 1. The molecule has 0 heterocycles. The molecule has 0 saturated heterocycles. The van der Waals surface area contributed by atoms with Gasteiger partial charge >= 0.3 is 0 Å². The molecule has 0 aliphatic heterocycles. The van der Waals surface area contributed by atoms with Crippen molar-refractivity contribution in [3.05, 3.63) is 23.2 Å². The lowest BCUT2D eigenvalue weighted by Gasteiger charge is -2.33. The number of benzene rings is 1. The lowest BCUT2D eigenvalue weighted by Crippen LogP contribution is -2.32. The Hall–Kier alpha value is -0.890. The molecule has 0 aromatic heterocycles. The monoisotopic (exact) mass is 267 g/mol. The van der Waals surface area contributed by atoms with E-state index in [1.54, 1.807) is 7.11 Å². The summed E-state index contributed by atoms with van der Waals surface area (Å²) in [6.07, 6.45) is 3.86. The van der Waals surface area contributed by atoms with Crippen LogP contribution in [0.1, 0.15) is 33.1 Å². The predicted octanol–water partition coefficient (Wildman–Crippen LogP) is 4.59. The molecule has 1 N–H and O–H groups in total. The Balaban J connectivity index is 2.05. The maximum Gasteiger partial charge on any atom is 0.139 e. The fraction of sp³-hybridized carbons (Fsp3) is 0.600. The van der Waals surface area contributed by atoms with Crippen LogP contribution in [-0.4, -0.2) is 13.2 Å². The first-order valence-electron chi connectivity index (χ1n) is 6.70. The molecular formula is C15H22ClNO. The second-order valence-electron chi connectivity index (χ2n) is 5.50. The molecule has 100 valence electrons. The molecule has 1 aliphatic carbocycles. The smallest absolute Gasteiger partial charge is 0.139 e. The van der Waals surface area contributed by atoms with Gasteiger partial charge in [0, 0.05) is 17.8 Å². The van der Waals surface area contributed by atoms with Gasteiger partial charge in [-0.3, -0.25) is 0 Å². The third-order valence-electron chi connectivity index (χ3n) is 3.93. The van der Waals surface area contributed by atoms with Gasteiger partial charge in [-0.25, -0.2) is 0 Å². The highest BCUT2D eigenvalue weighted by Crippen LogP contribution is 2.33. The lowest BCUT2D eigenvalue weighted by molar-refractivity contribution is 0.276. The van der Waals surface area contributed by atoms with Gasteiger partial charge in [0.05, 0.1) is 12.1 Å². The van der Waals surface area contributed by atoms with Crippen LogP contribution < -0.4 is 10.1 Å². The van der Waals surface area contributed by atoms with E-state index in [0.717, 1.165) is 23.3 Å². The number of rotatable bonds is 3.